The summed E-state index contributed by atoms with van der Waals surface area (Å²) in [5.41, 5.74) is 4.52. The number of thiazole rings is 1. The molecule has 1 amide bonds. The van der Waals surface area contributed by atoms with Gasteiger partial charge in [0.15, 0.2) is 0 Å². The number of amides is 1. The van der Waals surface area contributed by atoms with E-state index < -0.39 is 0 Å². The Kier molecular flexibility index (Phi) is 6.09. The number of ether oxygens (including phenoxy) is 1. The van der Waals surface area contributed by atoms with Crippen LogP contribution in [0.3, 0.4) is 0 Å². The molecule has 0 aliphatic rings. The van der Waals surface area contributed by atoms with Crippen molar-refractivity contribution in [1.29, 1.82) is 0 Å². The fraction of sp³-hybridized carbons (Fsp3) is 0.261. The van der Waals surface area contributed by atoms with Crippen LogP contribution in [0.2, 0.25) is 0 Å². The first kappa shape index (κ1) is 20.1. The first-order chi connectivity index (χ1) is 14.6. The van der Waals surface area contributed by atoms with E-state index in [1.54, 1.807) is 4.52 Å². The Morgan fingerprint density at radius 2 is 1.90 bits per heavy atom. The van der Waals surface area contributed by atoms with Gasteiger partial charge in [-0.25, -0.2) is 4.52 Å². The third-order valence-electron chi connectivity index (χ3n) is 4.83. The average molecular weight is 421 g/mol. The molecule has 0 spiro atoms. The predicted octanol–water partition coefficient (Wildman–Crippen LogP) is 5.13. The summed E-state index contributed by atoms with van der Waals surface area (Å²) in [6.45, 7) is 4.67. The van der Waals surface area contributed by atoms with Crippen LogP contribution in [0.1, 0.15) is 30.9 Å². The standard InChI is InChI=1S/C23H24N4O2S/c1-3-17-8-12-19(13-9-17)29-14-4-5-21(28)24-22-25-23-27(26-22)20(15-30-23)18-10-6-16(2)7-11-18/h6-13,15H,3-5,14H2,1-2H3,(H,24,26,28). The highest BCUT2D eigenvalue weighted by Gasteiger charge is 2.13. The number of nitrogens with one attached hydrogen (secondary N) is 1. The van der Waals surface area contributed by atoms with Gasteiger partial charge in [0.1, 0.15) is 5.75 Å². The number of fused-ring (bicyclic) bond motifs is 1. The van der Waals surface area contributed by atoms with Gasteiger partial charge in [0.25, 0.3) is 0 Å². The number of anilines is 1. The van der Waals surface area contributed by atoms with Gasteiger partial charge >= 0.3 is 0 Å². The molecule has 0 radical (unpaired) electrons. The van der Waals surface area contributed by atoms with Crippen LogP contribution in [0.5, 0.6) is 5.75 Å². The number of carbonyl (C=O) groups excluding carboxylic acids is 1. The van der Waals surface area contributed by atoms with Crippen molar-refractivity contribution in [3.8, 4) is 17.0 Å². The molecule has 1 N–H and O–H groups in total. The summed E-state index contributed by atoms with van der Waals surface area (Å²) in [6, 6.07) is 16.3. The Morgan fingerprint density at radius 1 is 1.13 bits per heavy atom. The molecule has 2 aromatic heterocycles. The summed E-state index contributed by atoms with van der Waals surface area (Å²) in [5, 5.41) is 9.27. The van der Waals surface area contributed by atoms with Crippen LogP contribution in [0.4, 0.5) is 5.95 Å². The molecule has 0 fully saturated rings. The van der Waals surface area contributed by atoms with Crippen molar-refractivity contribution in [2.75, 3.05) is 11.9 Å². The molecule has 0 atom stereocenters. The Morgan fingerprint density at radius 3 is 2.63 bits per heavy atom. The third kappa shape index (κ3) is 4.68. The summed E-state index contributed by atoms with van der Waals surface area (Å²) >= 11 is 1.50. The highest BCUT2D eigenvalue weighted by molar-refractivity contribution is 7.15. The first-order valence-corrected chi connectivity index (χ1v) is 10.9. The minimum atomic E-state index is -0.116. The molecule has 6 nitrogen and oxygen atoms in total. The molecule has 0 saturated heterocycles. The van der Waals surface area contributed by atoms with E-state index in [4.69, 9.17) is 4.74 Å². The van der Waals surface area contributed by atoms with Crippen molar-refractivity contribution in [2.45, 2.75) is 33.1 Å². The zero-order chi connectivity index (χ0) is 20.9. The zero-order valence-electron chi connectivity index (χ0n) is 17.1. The maximum Gasteiger partial charge on any atom is 0.250 e. The maximum absolute atomic E-state index is 12.2. The van der Waals surface area contributed by atoms with Gasteiger partial charge in [-0.1, -0.05) is 48.9 Å². The summed E-state index contributed by atoms with van der Waals surface area (Å²) in [4.78, 5) is 17.4. The van der Waals surface area contributed by atoms with Crippen molar-refractivity contribution in [3.63, 3.8) is 0 Å². The topological polar surface area (TPSA) is 68.5 Å². The Hall–Kier alpha value is -3.19. The number of aromatic nitrogens is 3. The summed E-state index contributed by atoms with van der Waals surface area (Å²) < 4.78 is 7.47. The lowest BCUT2D eigenvalue weighted by molar-refractivity contribution is -0.116. The van der Waals surface area contributed by atoms with Crippen LogP contribution in [-0.2, 0) is 11.2 Å². The minimum absolute atomic E-state index is 0.116. The molecule has 4 rings (SSSR count). The maximum atomic E-state index is 12.2. The zero-order valence-corrected chi connectivity index (χ0v) is 17.9. The second kappa shape index (κ2) is 9.09. The predicted molar refractivity (Wildman–Crippen MR) is 120 cm³/mol. The quantitative estimate of drug-likeness (QED) is 0.402. The fourth-order valence-corrected chi connectivity index (χ4v) is 3.92. The highest BCUT2D eigenvalue weighted by atomic mass is 32.1. The number of hydrogen-bond acceptors (Lipinski definition) is 5. The van der Waals surface area contributed by atoms with Gasteiger partial charge in [0.2, 0.25) is 16.8 Å². The van der Waals surface area contributed by atoms with E-state index in [9.17, 15) is 4.79 Å². The van der Waals surface area contributed by atoms with Gasteiger partial charge in [-0.2, -0.15) is 4.98 Å². The monoisotopic (exact) mass is 420 g/mol. The Bertz CT molecular complexity index is 1130. The van der Waals surface area contributed by atoms with Crippen molar-refractivity contribution < 1.29 is 9.53 Å². The molecule has 30 heavy (non-hydrogen) atoms. The van der Waals surface area contributed by atoms with Gasteiger partial charge in [0.05, 0.1) is 12.3 Å². The van der Waals surface area contributed by atoms with E-state index in [0.29, 0.717) is 25.4 Å². The Balaban J connectivity index is 1.30. The molecule has 4 aromatic rings. The van der Waals surface area contributed by atoms with E-state index in [1.807, 2.05) is 17.5 Å². The number of nitrogens with zero attached hydrogens (tertiary/aromatic N) is 3. The van der Waals surface area contributed by atoms with E-state index in [0.717, 1.165) is 28.4 Å². The summed E-state index contributed by atoms with van der Waals surface area (Å²) in [7, 11) is 0. The normalized spacial score (nSPS) is 11.0. The first-order valence-electron chi connectivity index (χ1n) is 10.1. The lowest BCUT2D eigenvalue weighted by atomic mass is 10.1. The van der Waals surface area contributed by atoms with Gasteiger partial charge in [0, 0.05) is 17.4 Å². The van der Waals surface area contributed by atoms with Crippen LogP contribution < -0.4 is 10.1 Å². The molecule has 0 aliphatic carbocycles. The smallest absolute Gasteiger partial charge is 0.250 e. The summed E-state index contributed by atoms with van der Waals surface area (Å²) in [6.07, 6.45) is 1.98. The van der Waals surface area contributed by atoms with E-state index in [-0.39, 0.29) is 5.91 Å². The van der Waals surface area contributed by atoms with Gasteiger partial charge < -0.3 is 4.74 Å². The molecule has 2 aromatic carbocycles. The second-order valence-electron chi connectivity index (χ2n) is 7.11. The molecule has 0 saturated carbocycles. The van der Waals surface area contributed by atoms with Crippen LogP contribution in [0.15, 0.2) is 53.9 Å². The van der Waals surface area contributed by atoms with Crippen molar-refractivity contribution in [1.82, 2.24) is 14.6 Å². The third-order valence-corrected chi connectivity index (χ3v) is 5.64. The Labute approximate surface area is 179 Å². The highest BCUT2D eigenvalue weighted by Crippen LogP contribution is 2.26. The van der Waals surface area contributed by atoms with Gasteiger partial charge in [-0.3, -0.25) is 10.1 Å². The molecule has 154 valence electrons. The van der Waals surface area contributed by atoms with Crippen molar-refractivity contribution in [3.05, 3.63) is 65.0 Å². The molecule has 7 heteroatoms. The SMILES string of the molecule is CCc1ccc(OCCCC(=O)Nc2nc3scc(-c4ccc(C)cc4)n3n2)cc1. The molecular weight excluding hydrogens is 396 g/mol. The largest absolute Gasteiger partial charge is 0.494 e. The number of hydrogen-bond donors (Lipinski definition) is 1. The van der Waals surface area contributed by atoms with Crippen molar-refractivity contribution in [2.24, 2.45) is 0 Å². The molecule has 2 heterocycles. The van der Waals surface area contributed by atoms with Crippen LogP contribution >= 0.6 is 11.3 Å². The molecule has 0 bridgehead atoms. The average Bonchev–Trinajstić information content (AvgIpc) is 3.32. The van der Waals surface area contributed by atoms with Crippen LogP contribution in [0.25, 0.3) is 16.2 Å². The van der Waals surface area contributed by atoms with Crippen LogP contribution in [-0.4, -0.2) is 27.1 Å². The van der Waals surface area contributed by atoms with E-state index >= 15 is 0 Å². The lowest BCUT2D eigenvalue weighted by Gasteiger charge is -2.06. The number of rotatable bonds is 8. The molecular formula is C23H24N4O2S. The minimum Gasteiger partial charge on any atom is -0.494 e. The van der Waals surface area contributed by atoms with Gasteiger partial charge in [-0.15, -0.1) is 16.4 Å². The van der Waals surface area contributed by atoms with Gasteiger partial charge in [-0.05, 0) is 37.5 Å². The lowest BCUT2D eigenvalue weighted by Crippen LogP contribution is -2.14. The number of benzene rings is 2. The van der Waals surface area contributed by atoms with Crippen LogP contribution in [0, 0.1) is 6.92 Å². The van der Waals surface area contributed by atoms with E-state index in [2.05, 4.69) is 65.6 Å². The number of aryl methyl sites for hydroxylation is 2. The second-order valence-corrected chi connectivity index (χ2v) is 7.95. The molecule has 0 unspecified atom stereocenters. The summed E-state index contributed by atoms with van der Waals surface area (Å²) in [5.74, 6) is 1.04. The number of carbonyl (C=O) groups is 1. The van der Waals surface area contributed by atoms with Crippen molar-refractivity contribution >= 4 is 28.2 Å². The van der Waals surface area contributed by atoms with E-state index in [1.165, 1.54) is 22.5 Å². The fourth-order valence-electron chi connectivity index (χ4n) is 3.09. The molecule has 0 aliphatic heterocycles.